The number of nitrogens with one attached hydrogen (secondary N) is 1. The first-order valence-electron chi connectivity index (χ1n) is 13.7. The van der Waals surface area contributed by atoms with Gasteiger partial charge >= 0.3 is 5.69 Å². The Bertz CT molecular complexity index is 1860. The minimum absolute atomic E-state index is 0.00344. The second kappa shape index (κ2) is 9.61. The summed E-state index contributed by atoms with van der Waals surface area (Å²) >= 11 is 0. The van der Waals surface area contributed by atoms with Crippen LogP contribution in [0.4, 0.5) is 8.78 Å². The molecule has 1 aromatic carbocycles. The van der Waals surface area contributed by atoms with Gasteiger partial charge in [0.25, 0.3) is 5.56 Å². The van der Waals surface area contributed by atoms with Crippen LogP contribution in [0.3, 0.4) is 0 Å². The summed E-state index contributed by atoms with van der Waals surface area (Å²) in [5, 5.41) is 21.0. The van der Waals surface area contributed by atoms with Gasteiger partial charge in [-0.25, -0.2) is 18.1 Å². The maximum Gasteiger partial charge on any atom is 0.340 e. The first kappa shape index (κ1) is 27.3. The van der Waals surface area contributed by atoms with E-state index in [9.17, 15) is 24.2 Å². The van der Waals surface area contributed by atoms with Crippen LogP contribution in [0.25, 0.3) is 16.8 Å². The van der Waals surface area contributed by atoms with Gasteiger partial charge in [0, 0.05) is 47.1 Å². The number of nitrogens with two attached hydrogens (primary N) is 1. The predicted molar refractivity (Wildman–Crippen MR) is 151 cm³/mol. The summed E-state index contributed by atoms with van der Waals surface area (Å²) in [6, 6.07) is 8.61. The Hall–Kier alpha value is -3.86. The van der Waals surface area contributed by atoms with E-state index in [-0.39, 0.29) is 23.5 Å². The zero-order valence-electron chi connectivity index (χ0n) is 23.0. The molecule has 6 rings (SSSR count). The number of hydrogen-bond acceptors (Lipinski definition) is 5. The smallest absolute Gasteiger partial charge is 0.340 e. The van der Waals surface area contributed by atoms with Crippen molar-refractivity contribution in [2.45, 2.75) is 64.2 Å². The summed E-state index contributed by atoms with van der Waals surface area (Å²) in [7, 11) is 0. The van der Waals surface area contributed by atoms with Crippen LogP contribution >= 0.6 is 0 Å². The summed E-state index contributed by atoms with van der Waals surface area (Å²) in [4.78, 5) is 29.9. The molecule has 0 radical (unpaired) electrons. The highest BCUT2D eigenvalue weighted by atomic mass is 19.1. The maximum atomic E-state index is 16.1. The number of aliphatic hydroxyl groups is 2. The molecule has 0 aliphatic heterocycles. The van der Waals surface area contributed by atoms with E-state index in [4.69, 9.17) is 5.73 Å². The van der Waals surface area contributed by atoms with Gasteiger partial charge < -0.3 is 20.9 Å². The number of hydrogen-bond donors (Lipinski definition) is 4. The molecule has 0 fully saturated rings. The van der Waals surface area contributed by atoms with Crippen molar-refractivity contribution in [1.29, 1.82) is 0 Å². The lowest BCUT2D eigenvalue weighted by molar-refractivity contribution is 0.0106. The van der Waals surface area contributed by atoms with Gasteiger partial charge in [0.05, 0.1) is 16.8 Å². The van der Waals surface area contributed by atoms with Crippen molar-refractivity contribution in [2.75, 3.05) is 0 Å². The summed E-state index contributed by atoms with van der Waals surface area (Å²) in [6.45, 7) is 5.27. The van der Waals surface area contributed by atoms with Gasteiger partial charge in [-0.1, -0.05) is 12.1 Å². The third-order valence-electron chi connectivity index (χ3n) is 8.79. The Morgan fingerprint density at radius 3 is 2.61 bits per heavy atom. The molecule has 4 aromatic rings. The van der Waals surface area contributed by atoms with E-state index >= 15 is 4.39 Å². The number of nitrogens with zero attached hydrogens (tertiary/aromatic N) is 2. The fourth-order valence-electron chi connectivity index (χ4n) is 6.54. The quantitative estimate of drug-likeness (QED) is 0.283. The van der Waals surface area contributed by atoms with Crippen LogP contribution in [-0.4, -0.2) is 36.0 Å². The number of halogens is 2. The Morgan fingerprint density at radius 1 is 1.15 bits per heavy atom. The molecule has 214 valence electrons. The Balaban J connectivity index is 1.56. The monoisotopic (exact) mass is 562 g/mol. The fraction of sp³-hybridized carbons (Fsp3) is 0.355. The molecule has 0 amide bonds. The first-order chi connectivity index (χ1) is 19.4. The maximum absolute atomic E-state index is 16.1. The second-order valence-corrected chi connectivity index (χ2v) is 11.7. The second-order valence-electron chi connectivity index (χ2n) is 11.7. The molecule has 0 saturated carbocycles. The fourth-order valence-corrected chi connectivity index (χ4v) is 6.54. The van der Waals surface area contributed by atoms with Crippen molar-refractivity contribution in [2.24, 2.45) is 11.7 Å². The van der Waals surface area contributed by atoms with Gasteiger partial charge in [0.1, 0.15) is 17.9 Å². The predicted octanol–water partition coefficient (Wildman–Crippen LogP) is 3.60. The Morgan fingerprint density at radius 2 is 1.90 bits per heavy atom. The minimum Gasteiger partial charge on any atom is -0.390 e. The average Bonchev–Trinajstić information content (AvgIpc) is 3.28. The lowest BCUT2D eigenvalue weighted by Crippen LogP contribution is -2.36. The first-order valence-corrected chi connectivity index (χ1v) is 13.7. The molecular weight excluding hydrogens is 530 g/mol. The molecule has 0 bridgehead atoms. The molecule has 41 heavy (non-hydrogen) atoms. The van der Waals surface area contributed by atoms with Crippen LogP contribution in [0.15, 0.2) is 58.0 Å². The molecule has 5 N–H and O–H groups in total. The van der Waals surface area contributed by atoms with Gasteiger partial charge in [0.2, 0.25) is 0 Å². The van der Waals surface area contributed by atoms with Crippen LogP contribution in [-0.2, 0) is 12.8 Å². The van der Waals surface area contributed by atoms with Gasteiger partial charge in [-0.3, -0.25) is 9.20 Å². The van der Waals surface area contributed by atoms with Crippen molar-refractivity contribution in [3.8, 4) is 5.69 Å². The summed E-state index contributed by atoms with van der Waals surface area (Å²) in [5.74, 6) is -1.84. The molecule has 8 nitrogen and oxygen atoms in total. The highest BCUT2D eigenvalue weighted by Gasteiger charge is 2.39. The normalized spacial score (nSPS) is 19.8. The average molecular weight is 563 g/mol. The van der Waals surface area contributed by atoms with Crippen LogP contribution in [0, 0.1) is 18.7 Å². The Labute approximate surface area is 234 Å². The molecule has 1 unspecified atom stereocenters. The van der Waals surface area contributed by atoms with Crippen molar-refractivity contribution >= 4 is 11.1 Å². The zero-order chi connectivity index (χ0) is 29.4. The molecule has 3 atom stereocenters. The molecule has 10 heteroatoms. The van der Waals surface area contributed by atoms with Crippen molar-refractivity contribution in [3.63, 3.8) is 0 Å². The number of aromatic nitrogens is 3. The molecule has 0 saturated heterocycles. The van der Waals surface area contributed by atoms with E-state index in [2.05, 4.69) is 4.98 Å². The Kier molecular flexibility index (Phi) is 6.40. The number of allylic oxidation sites excluding steroid dienone is 1. The van der Waals surface area contributed by atoms with Gasteiger partial charge in [0.15, 0.2) is 0 Å². The third kappa shape index (κ3) is 4.29. The number of benzene rings is 1. The zero-order valence-corrected chi connectivity index (χ0v) is 23.0. The topological polar surface area (TPSA) is 126 Å². The lowest BCUT2D eigenvalue weighted by Gasteiger charge is -2.33. The SMILES string of the molecule is Cc1c(C2=C(F)CC([C@H](N)O)c3[nH]c4c(c32)CC[C@H](C(C)(C)O)C4)cccc1-n1c(=O)cc2c(F)cccn2c1=O. The summed E-state index contributed by atoms with van der Waals surface area (Å²) in [5.41, 5.74) is 8.08. The van der Waals surface area contributed by atoms with E-state index in [0.29, 0.717) is 47.2 Å². The largest absolute Gasteiger partial charge is 0.390 e. The number of pyridine rings is 1. The van der Waals surface area contributed by atoms with E-state index in [1.54, 1.807) is 39.0 Å². The minimum atomic E-state index is -1.30. The molecule has 2 aliphatic carbocycles. The van der Waals surface area contributed by atoms with Crippen LogP contribution in [0.2, 0.25) is 0 Å². The molecule has 3 heterocycles. The molecule has 2 aliphatic rings. The molecular formula is C31H32F2N4O4. The molecule has 3 aromatic heterocycles. The van der Waals surface area contributed by atoms with E-state index in [1.807, 2.05) is 0 Å². The van der Waals surface area contributed by atoms with Crippen molar-refractivity contribution < 1.29 is 19.0 Å². The number of aromatic amines is 1. The number of aliphatic hydroxyl groups excluding tert-OH is 1. The number of H-pyrrole nitrogens is 1. The van der Waals surface area contributed by atoms with E-state index in [1.165, 1.54) is 18.3 Å². The van der Waals surface area contributed by atoms with Crippen LogP contribution in [0.1, 0.15) is 66.2 Å². The highest BCUT2D eigenvalue weighted by molar-refractivity contribution is 5.88. The van der Waals surface area contributed by atoms with Crippen molar-refractivity contribution in [1.82, 2.24) is 14.0 Å². The van der Waals surface area contributed by atoms with E-state index in [0.717, 1.165) is 26.3 Å². The standard InChI is InChI=1S/C31H32F2N4O4/c1-15-17(6-4-8-23(15)37-25(38)14-24-20(32)7-5-11-36(24)30(37)40)26-21(33)13-19(29(34)39)28-27(26)18-10-9-16(31(2,3)41)12-22(18)35-28/h4-8,11,14,16,19,29,35,39,41H,9-10,12-13,34H2,1-3H3/t16-,19?,29+/m0/s1. The highest BCUT2D eigenvalue weighted by Crippen LogP contribution is 2.48. The van der Waals surface area contributed by atoms with Gasteiger partial charge in [-0.2, -0.15) is 0 Å². The number of rotatable bonds is 4. The summed E-state index contributed by atoms with van der Waals surface area (Å²) in [6.07, 6.45) is 1.81. The van der Waals surface area contributed by atoms with Gasteiger partial charge in [-0.15, -0.1) is 0 Å². The van der Waals surface area contributed by atoms with Crippen molar-refractivity contribution in [3.05, 3.63) is 109 Å². The summed E-state index contributed by atoms with van der Waals surface area (Å²) < 4.78 is 32.5. The van der Waals surface area contributed by atoms with E-state index < -0.39 is 40.6 Å². The van der Waals surface area contributed by atoms with Gasteiger partial charge in [-0.05, 0) is 80.8 Å². The molecule has 0 spiro atoms. The lowest BCUT2D eigenvalue weighted by atomic mass is 9.75. The third-order valence-corrected chi connectivity index (χ3v) is 8.79. The van der Waals surface area contributed by atoms with Crippen LogP contribution in [0.5, 0.6) is 0 Å². The number of fused-ring (bicyclic) bond motifs is 4. The van der Waals surface area contributed by atoms with Crippen LogP contribution < -0.4 is 17.0 Å².